The van der Waals surface area contributed by atoms with Crippen LogP contribution < -0.4 is 10.2 Å². The molecule has 0 spiro atoms. The lowest BCUT2D eigenvalue weighted by atomic mass is 9.94. The van der Waals surface area contributed by atoms with E-state index < -0.39 is 4.92 Å². The van der Waals surface area contributed by atoms with E-state index in [4.69, 9.17) is 0 Å². The smallest absolute Gasteiger partial charge is 0.273 e. The molecule has 1 saturated heterocycles. The number of nitrogens with one attached hydrogen (secondary N) is 1. The first-order valence-electron chi connectivity index (χ1n) is 10.3. The molecule has 8 heteroatoms. The predicted molar refractivity (Wildman–Crippen MR) is 120 cm³/mol. The number of amides is 2. The van der Waals surface area contributed by atoms with Gasteiger partial charge in [0.25, 0.3) is 11.6 Å². The number of hydrogen-bond donors (Lipinski definition) is 1. The summed E-state index contributed by atoms with van der Waals surface area (Å²) in [6.07, 6.45) is 0. The second-order valence-corrected chi connectivity index (χ2v) is 8.74. The third-order valence-corrected chi connectivity index (χ3v) is 5.45. The van der Waals surface area contributed by atoms with Gasteiger partial charge in [-0.25, -0.2) is 0 Å². The van der Waals surface area contributed by atoms with Crippen molar-refractivity contribution in [3.8, 4) is 0 Å². The normalized spacial score (nSPS) is 14.3. The van der Waals surface area contributed by atoms with Crippen molar-refractivity contribution in [3.63, 3.8) is 0 Å². The maximum Gasteiger partial charge on any atom is 0.273 e. The number of piperazine rings is 1. The molecule has 1 fully saturated rings. The number of nitro groups is 1. The Morgan fingerprint density at radius 3 is 2.16 bits per heavy atom. The highest BCUT2D eigenvalue weighted by atomic mass is 16.6. The van der Waals surface area contributed by atoms with Crippen LogP contribution in [0, 0.1) is 22.5 Å². The van der Waals surface area contributed by atoms with Crippen molar-refractivity contribution in [2.75, 3.05) is 36.4 Å². The van der Waals surface area contributed by atoms with E-state index in [0.717, 1.165) is 18.8 Å². The standard InChI is InChI=1S/C23H28N4O4/c1-16-19(6-5-7-20(16)27(30)31)21(28)24-17-8-10-18(11-9-17)25-12-14-26(15-13-25)22(29)23(2,3)4/h5-11H,12-15H2,1-4H3,(H,24,28). The molecule has 8 nitrogen and oxygen atoms in total. The third-order valence-electron chi connectivity index (χ3n) is 5.45. The number of carbonyl (C=O) groups excluding carboxylic acids is 2. The Morgan fingerprint density at radius 1 is 1.00 bits per heavy atom. The topological polar surface area (TPSA) is 95.8 Å². The van der Waals surface area contributed by atoms with E-state index >= 15 is 0 Å². The Morgan fingerprint density at radius 2 is 1.61 bits per heavy atom. The van der Waals surface area contributed by atoms with Crippen molar-refractivity contribution in [1.29, 1.82) is 0 Å². The summed E-state index contributed by atoms with van der Waals surface area (Å²) in [5.41, 5.74) is 1.79. The van der Waals surface area contributed by atoms with Crippen LogP contribution in [-0.2, 0) is 4.79 Å². The molecule has 2 aromatic carbocycles. The summed E-state index contributed by atoms with van der Waals surface area (Å²) in [7, 11) is 0. The fourth-order valence-corrected chi connectivity index (χ4v) is 3.66. The molecule has 3 rings (SSSR count). The van der Waals surface area contributed by atoms with Crippen molar-refractivity contribution < 1.29 is 14.5 Å². The summed E-state index contributed by atoms with van der Waals surface area (Å²) in [5, 5.41) is 13.9. The quantitative estimate of drug-likeness (QED) is 0.594. The highest BCUT2D eigenvalue weighted by Gasteiger charge is 2.29. The SMILES string of the molecule is Cc1c(C(=O)Nc2ccc(N3CCN(C(=O)C(C)(C)C)CC3)cc2)cccc1[N+](=O)[O-]. The molecule has 164 valence electrons. The largest absolute Gasteiger partial charge is 0.368 e. The average molecular weight is 425 g/mol. The molecule has 1 N–H and O–H groups in total. The molecule has 0 saturated carbocycles. The minimum atomic E-state index is -0.490. The lowest BCUT2D eigenvalue weighted by molar-refractivity contribution is -0.385. The van der Waals surface area contributed by atoms with Crippen LogP contribution in [0.25, 0.3) is 0 Å². The van der Waals surface area contributed by atoms with E-state index in [-0.39, 0.29) is 28.5 Å². The molecule has 0 radical (unpaired) electrons. The Balaban J connectivity index is 1.63. The van der Waals surface area contributed by atoms with Crippen molar-refractivity contribution in [2.24, 2.45) is 5.41 Å². The van der Waals surface area contributed by atoms with Crippen LogP contribution in [0.4, 0.5) is 17.1 Å². The number of benzene rings is 2. The Kier molecular flexibility index (Phi) is 6.29. The van der Waals surface area contributed by atoms with E-state index in [1.165, 1.54) is 12.1 Å². The monoisotopic (exact) mass is 424 g/mol. The first-order valence-corrected chi connectivity index (χ1v) is 10.3. The molecule has 0 bridgehead atoms. The summed E-state index contributed by atoms with van der Waals surface area (Å²) < 4.78 is 0. The molecule has 0 aliphatic carbocycles. The van der Waals surface area contributed by atoms with E-state index in [9.17, 15) is 19.7 Å². The highest BCUT2D eigenvalue weighted by Crippen LogP contribution is 2.24. The van der Waals surface area contributed by atoms with Gasteiger partial charge in [-0.3, -0.25) is 19.7 Å². The zero-order chi connectivity index (χ0) is 22.8. The zero-order valence-corrected chi connectivity index (χ0v) is 18.3. The number of nitrogens with zero attached hydrogens (tertiary/aromatic N) is 3. The van der Waals surface area contributed by atoms with Gasteiger partial charge in [0.1, 0.15) is 0 Å². The van der Waals surface area contributed by atoms with Gasteiger partial charge in [0.2, 0.25) is 5.91 Å². The third kappa shape index (κ3) is 5.02. The molecular weight excluding hydrogens is 396 g/mol. The summed E-state index contributed by atoms with van der Waals surface area (Å²) in [6.45, 7) is 10.2. The van der Waals surface area contributed by atoms with Crippen LogP contribution in [0.5, 0.6) is 0 Å². The van der Waals surface area contributed by atoms with E-state index in [2.05, 4.69) is 10.2 Å². The summed E-state index contributed by atoms with van der Waals surface area (Å²) in [6, 6.07) is 11.9. The Labute approximate surface area is 182 Å². The first kappa shape index (κ1) is 22.3. The molecule has 0 unspecified atom stereocenters. The van der Waals surface area contributed by atoms with Gasteiger partial charge in [-0.15, -0.1) is 0 Å². The van der Waals surface area contributed by atoms with Crippen molar-refractivity contribution in [3.05, 3.63) is 63.7 Å². The molecule has 1 aliphatic rings. The van der Waals surface area contributed by atoms with E-state index in [1.54, 1.807) is 13.0 Å². The molecule has 2 aromatic rings. The Hall–Kier alpha value is -3.42. The van der Waals surface area contributed by atoms with Crippen molar-refractivity contribution >= 4 is 28.9 Å². The number of nitro benzene ring substituents is 1. The van der Waals surface area contributed by atoms with Crippen molar-refractivity contribution in [1.82, 2.24) is 4.90 Å². The predicted octanol–water partition coefficient (Wildman–Crippen LogP) is 3.85. The van der Waals surface area contributed by atoms with Crippen LogP contribution in [0.2, 0.25) is 0 Å². The molecule has 31 heavy (non-hydrogen) atoms. The van der Waals surface area contributed by atoms with Gasteiger partial charge in [-0.2, -0.15) is 0 Å². The minimum Gasteiger partial charge on any atom is -0.368 e. The molecule has 1 heterocycles. The van der Waals surface area contributed by atoms with Crippen LogP contribution in [-0.4, -0.2) is 47.8 Å². The number of carbonyl (C=O) groups is 2. The lowest BCUT2D eigenvalue weighted by Crippen LogP contribution is -2.51. The van der Waals surface area contributed by atoms with Gasteiger partial charge in [0.05, 0.1) is 4.92 Å². The average Bonchev–Trinajstić information content (AvgIpc) is 2.73. The van der Waals surface area contributed by atoms with Crippen LogP contribution in [0.15, 0.2) is 42.5 Å². The van der Waals surface area contributed by atoms with Gasteiger partial charge < -0.3 is 15.1 Å². The highest BCUT2D eigenvalue weighted by molar-refractivity contribution is 6.05. The number of rotatable bonds is 4. The minimum absolute atomic E-state index is 0.0768. The summed E-state index contributed by atoms with van der Waals surface area (Å²) >= 11 is 0. The maximum absolute atomic E-state index is 12.6. The van der Waals surface area contributed by atoms with Gasteiger partial charge in [-0.1, -0.05) is 26.8 Å². The van der Waals surface area contributed by atoms with E-state index in [0.29, 0.717) is 24.3 Å². The number of hydrogen-bond acceptors (Lipinski definition) is 5. The molecule has 0 aromatic heterocycles. The first-order chi connectivity index (χ1) is 14.6. The van der Waals surface area contributed by atoms with Crippen molar-refractivity contribution in [2.45, 2.75) is 27.7 Å². The summed E-state index contributed by atoms with van der Waals surface area (Å²) in [5.74, 6) is -0.218. The molecule has 2 amide bonds. The summed E-state index contributed by atoms with van der Waals surface area (Å²) in [4.78, 5) is 39.8. The second kappa shape index (κ2) is 8.75. The van der Waals surface area contributed by atoms with Gasteiger partial charge in [-0.05, 0) is 37.3 Å². The van der Waals surface area contributed by atoms with E-state index in [1.807, 2.05) is 49.9 Å². The molecular formula is C23H28N4O4. The Bertz CT molecular complexity index is 988. The van der Waals surface area contributed by atoms with Crippen LogP contribution in [0.3, 0.4) is 0 Å². The van der Waals surface area contributed by atoms with Crippen LogP contribution in [0.1, 0.15) is 36.7 Å². The van der Waals surface area contributed by atoms with Gasteiger partial charge in [0.15, 0.2) is 0 Å². The molecule has 1 aliphatic heterocycles. The zero-order valence-electron chi connectivity index (χ0n) is 18.3. The second-order valence-electron chi connectivity index (χ2n) is 8.74. The van der Waals surface area contributed by atoms with Crippen LogP contribution >= 0.6 is 0 Å². The van der Waals surface area contributed by atoms with Gasteiger partial charge >= 0.3 is 0 Å². The maximum atomic E-state index is 12.6. The lowest BCUT2D eigenvalue weighted by Gasteiger charge is -2.38. The number of anilines is 2. The molecule has 0 atom stereocenters. The van der Waals surface area contributed by atoms with Gasteiger partial charge in [0, 0.05) is 60.2 Å². The fourth-order valence-electron chi connectivity index (χ4n) is 3.66. The fraction of sp³-hybridized carbons (Fsp3) is 0.391.